The van der Waals surface area contributed by atoms with E-state index in [9.17, 15) is 4.79 Å². The van der Waals surface area contributed by atoms with Gasteiger partial charge in [0.05, 0.1) is 6.33 Å². The van der Waals surface area contributed by atoms with Gasteiger partial charge >= 0.3 is 0 Å². The van der Waals surface area contributed by atoms with E-state index in [2.05, 4.69) is 32.3 Å². The number of hydrogen-bond donors (Lipinski definition) is 1. The normalized spacial score (nSPS) is 17.2. The van der Waals surface area contributed by atoms with Crippen LogP contribution in [-0.4, -0.2) is 42.3 Å². The van der Waals surface area contributed by atoms with E-state index < -0.39 is 0 Å². The summed E-state index contributed by atoms with van der Waals surface area (Å²) in [5, 5.41) is 6.75. The quantitative estimate of drug-likeness (QED) is 0.719. The van der Waals surface area contributed by atoms with E-state index in [1.807, 2.05) is 0 Å². The predicted octanol–water partition coefficient (Wildman–Crippen LogP) is 0.177. The Morgan fingerprint density at radius 3 is 2.78 bits per heavy atom. The number of fused-ring (bicyclic) bond motifs is 1. The van der Waals surface area contributed by atoms with Crippen molar-refractivity contribution >= 4 is 11.2 Å². The monoisotopic (exact) mass is 317 g/mol. The lowest BCUT2D eigenvalue weighted by atomic mass is 10.2. The predicted molar refractivity (Wildman–Crippen MR) is 82.8 cm³/mol. The van der Waals surface area contributed by atoms with Crippen molar-refractivity contribution < 1.29 is 4.52 Å². The molecule has 1 unspecified atom stereocenters. The number of aromatic nitrogens is 6. The van der Waals surface area contributed by atoms with Crippen molar-refractivity contribution in [3.63, 3.8) is 0 Å². The van der Waals surface area contributed by atoms with E-state index in [-0.39, 0.29) is 12.1 Å². The molecule has 1 aliphatic rings. The van der Waals surface area contributed by atoms with Crippen LogP contribution in [0.5, 0.6) is 0 Å². The zero-order valence-corrected chi connectivity index (χ0v) is 13.1. The molecule has 1 atom stereocenters. The first-order chi connectivity index (χ1) is 11.1. The molecule has 0 saturated carbocycles. The molecule has 4 heterocycles. The van der Waals surface area contributed by atoms with E-state index in [1.54, 1.807) is 17.9 Å². The van der Waals surface area contributed by atoms with Crippen molar-refractivity contribution in [3.05, 3.63) is 35.2 Å². The van der Waals surface area contributed by atoms with Crippen LogP contribution in [0.2, 0.25) is 0 Å². The Hall–Kier alpha value is -2.55. The van der Waals surface area contributed by atoms with E-state index in [4.69, 9.17) is 4.52 Å². The summed E-state index contributed by atoms with van der Waals surface area (Å²) in [5.74, 6) is 1.29. The Kier molecular flexibility index (Phi) is 4.47. The number of aryl methyl sites for hydroxylation is 1. The molecule has 4 rings (SSSR count). The molecule has 3 aromatic rings. The van der Waals surface area contributed by atoms with Gasteiger partial charge in [-0.15, -0.1) is 0 Å². The lowest BCUT2D eigenvalue weighted by Gasteiger charge is -2.01. The van der Waals surface area contributed by atoms with Gasteiger partial charge < -0.3 is 14.4 Å². The molecule has 1 saturated heterocycles. The van der Waals surface area contributed by atoms with Gasteiger partial charge in [-0.05, 0) is 25.4 Å². The van der Waals surface area contributed by atoms with Crippen LogP contribution >= 0.6 is 0 Å². The van der Waals surface area contributed by atoms with Crippen molar-refractivity contribution in [1.82, 2.24) is 34.6 Å². The molecule has 23 heavy (non-hydrogen) atoms. The van der Waals surface area contributed by atoms with Gasteiger partial charge in [0.2, 0.25) is 5.89 Å². The van der Waals surface area contributed by atoms with Crippen LogP contribution in [0.25, 0.3) is 11.2 Å². The van der Waals surface area contributed by atoms with E-state index in [0.29, 0.717) is 17.1 Å². The highest BCUT2D eigenvalue weighted by Gasteiger charge is 2.10. The van der Waals surface area contributed by atoms with Gasteiger partial charge in [0.25, 0.3) is 5.56 Å². The number of rotatable bonds is 2. The smallest absolute Gasteiger partial charge is 0.280 e. The number of nitrogens with zero attached hydrogens (tertiary/aromatic N) is 6. The minimum absolute atomic E-state index is 0.187. The molecule has 3 aromatic heterocycles. The first kappa shape index (κ1) is 15.3. The fraction of sp³-hybridized carbons (Fsp3) is 0.500. The third kappa shape index (κ3) is 3.45. The average molecular weight is 317 g/mol. The zero-order valence-electron chi connectivity index (χ0n) is 13.1. The maximum atomic E-state index is 12.1. The van der Waals surface area contributed by atoms with Gasteiger partial charge in [-0.3, -0.25) is 9.36 Å². The maximum Gasteiger partial charge on any atom is 0.280 e. The molecule has 1 aliphatic heterocycles. The summed E-state index contributed by atoms with van der Waals surface area (Å²) in [6.45, 7) is 4.95. The minimum Gasteiger partial charge on any atom is -0.338 e. The first-order valence-corrected chi connectivity index (χ1v) is 7.48. The van der Waals surface area contributed by atoms with Crippen molar-refractivity contribution in [2.45, 2.75) is 19.9 Å². The highest BCUT2D eigenvalue weighted by molar-refractivity contribution is 5.68. The second-order valence-corrected chi connectivity index (χ2v) is 5.64. The van der Waals surface area contributed by atoms with E-state index in [0.717, 1.165) is 5.92 Å². The molecule has 9 heteroatoms. The molecule has 0 spiro atoms. The molecule has 1 N–H and O–H groups in total. The summed E-state index contributed by atoms with van der Waals surface area (Å²) in [6.07, 6.45) is 5.63. The highest BCUT2D eigenvalue weighted by Crippen LogP contribution is 2.03. The van der Waals surface area contributed by atoms with Crippen molar-refractivity contribution in [3.8, 4) is 0 Å². The fourth-order valence-electron chi connectivity index (χ4n) is 2.39. The summed E-state index contributed by atoms with van der Waals surface area (Å²) >= 11 is 0. The Morgan fingerprint density at radius 2 is 2.17 bits per heavy atom. The summed E-state index contributed by atoms with van der Waals surface area (Å²) in [4.78, 5) is 24.1. The summed E-state index contributed by atoms with van der Waals surface area (Å²) in [7, 11) is 1.75. The standard InChI is InChI=1S/C9H8N6O2.C5H11N/c1-14-4-11-8-7(14)9(16)15(5-12-8)2-6-10-3-13-17-6;1-5-2-3-6-4-5/h3-5H,2H2,1H3;5-6H,2-4H2,1H3. The van der Waals surface area contributed by atoms with Gasteiger partial charge in [0, 0.05) is 7.05 Å². The molecule has 0 aliphatic carbocycles. The van der Waals surface area contributed by atoms with Crippen molar-refractivity contribution in [1.29, 1.82) is 0 Å². The number of imidazole rings is 1. The van der Waals surface area contributed by atoms with Crippen LogP contribution in [0.3, 0.4) is 0 Å². The van der Waals surface area contributed by atoms with Gasteiger partial charge in [-0.2, -0.15) is 4.98 Å². The van der Waals surface area contributed by atoms with Gasteiger partial charge in [-0.1, -0.05) is 12.1 Å². The Balaban J connectivity index is 0.000000220. The largest absolute Gasteiger partial charge is 0.338 e. The van der Waals surface area contributed by atoms with Gasteiger partial charge in [0.1, 0.15) is 12.9 Å². The van der Waals surface area contributed by atoms with Crippen LogP contribution in [0.4, 0.5) is 0 Å². The maximum absolute atomic E-state index is 12.1. The van der Waals surface area contributed by atoms with Crippen molar-refractivity contribution in [2.24, 2.45) is 13.0 Å². The lowest BCUT2D eigenvalue weighted by molar-refractivity contribution is 0.368. The number of nitrogens with one attached hydrogen (secondary N) is 1. The molecule has 1 fully saturated rings. The fourth-order valence-corrected chi connectivity index (χ4v) is 2.39. The van der Waals surface area contributed by atoms with Gasteiger partial charge in [-0.25, -0.2) is 9.97 Å². The van der Waals surface area contributed by atoms with E-state index >= 15 is 0 Å². The lowest BCUT2D eigenvalue weighted by Crippen LogP contribution is -2.22. The Morgan fingerprint density at radius 1 is 1.35 bits per heavy atom. The summed E-state index contributed by atoms with van der Waals surface area (Å²) in [5.41, 5.74) is 0.694. The Labute approximate surface area is 132 Å². The summed E-state index contributed by atoms with van der Waals surface area (Å²) < 4.78 is 7.88. The first-order valence-electron chi connectivity index (χ1n) is 7.48. The molecular weight excluding hydrogens is 298 g/mol. The zero-order chi connectivity index (χ0) is 16.2. The van der Waals surface area contributed by atoms with Crippen LogP contribution < -0.4 is 10.9 Å². The molecule has 0 radical (unpaired) electrons. The third-order valence-electron chi connectivity index (χ3n) is 3.72. The number of hydrogen-bond acceptors (Lipinski definition) is 7. The Bertz CT molecular complexity index is 815. The van der Waals surface area contributed by atoms with Crippen molar-refractivity contribution in [2.75, 3.05) is 13.1 Å². The minimum atomic E-state index is -0.187. The highest BCUT2D eigenvalue weighted by atomic mass is 16.5. The molecule has 0 aromatic carbocycles. The molecule has 122 valence electrons. The van der Waals surface area contributed by atoms with Gasteiger partial charge in [0.15, 0.2) is 17.5 Å². The average Bonchev–Trinajstić information content (AvgIpc) is 3.26. The molecule has 9 nitrogen and oxygen atoms in total. The van der Waals surface area contributed by atoms with Crippen LogP contribution in [0.15, 0.2) is 28.3 Å². The summed E-state index contributed by atoms with van der Waals surface area (Å²) in [6, 6.07) is 0. The van der Waals surface area contributed by atoms with Crippen LogP contribution in [0.1, 0.15) is 19.2 Å². The third-order valence-corrected chi connectivity index (χ3v) is 3.72. The molecule has 0 bridgehead atoms. The second kappa shape index (κ2) is 6.69. The van der Waals surface area contributed by atoms with E-state index in [1.165, 1.54) is 36.7 Å². The SMILES string of the molecule is CC1CCNC1.Cn1cnc2ncn(Cc3ncno3)c(=O)c21. The second-order valence-electron chi connectivity index (χ2n) is 5.64. The van der Waals surface area contributed by atoms with Crippen LogP contribution in [-0.2, 0) is 13.6 Å². The van der Waals surface area contributed by atoms with Crippen LogP contribution in [0, 0.1) is 5.92 Å². The molecule has 0 amide bonds. The topological polar surface area (TPSA) is 104 Å². The molecular formula is C14H19N7O2.